The molecule has 7 nitrogen and oxygen atoms in total. The molecule has 0 unspecified atom stereocenters. The van der Waals surface area contributed by atoms with Gasteiger partial charge in [-0.2, -0.15) is 0 Å². The molecule has 2 aromatic carbocycles. The summed E-state index contributed by atoms with van der Waals surface area (Å²) >= 11 is 6.12. The molecule has 0 atom stereocenters. The lowest BCUT2D eigenvalue weighted by molar-refractivity contribution is 0.0782. The summed E-state index contributed by atoms with van der Waals surface area (Å²) in [5, 5.41) is 4.48. The fraction of sp³-hybridized carbons (Fsp3) is 0.238. The Kier molecular flexibility index (Phi) is 6.29. The number of ether oxygens (including phenoxy) is 3. The summed E-state index contributed by atoms with van der Waals surface area (Å²) in [6, 6.07) is 12.2. The second-order valence-corrected chi connectivity index (χ2v) is 6.64. The predicted octanol–water partition coefficient (Wildman–Crippen LogP) is 4.29. The Morgan fingerprint density at radius 2 is 1.72 bits per heavy atom. The van der Waals surface area contributed by atoms with Gasteiger partial charge < -0.3 is 23.6 Å². The highest BCUT2D eigenvalue weighted by molar-refractivity contribution is 6.33. The fourth-order valence-electron chi connectivity index (χ4n) is 2.90. The number of rotatable bonds is 7. The Hall–Kier alpha value is -3.19. The maximum absolute atomic E-state index is 12.6. The third-order valence-corrected chi connectivity index (χ3v) is 4.69. The van der Waals surface area contributed by atoms with Crippen LogP contribution in [0.25, 0.3) is 11.3 Å². The van der Waals surface area contributed by atoms with Gasteiger partial charge in [-0.25, -0.2) is 0 Å². The van der Waals surface area contributed by atoms with E-state index >= 15 is 0 Å². The molecule has 3 aromatic rings. The zero-order valence-electron chi connectivity index (χ0n) is 16.6. The molecule has 0 N–H and O–H groups in total. The van der Waals surface area contributed by atoms with Crippen LogP contribution in [-0.2, 0) is 6.54 Å². The van der Waals surface area contributed by atoms with Crippen molar-refractivity contribution in [2.45, 2.75) is 6.54 Å². The molecule has 0 aliphatic rings. The molecule has 3 rings (SSSR count). The quantitative estimate of drug-likeness (QED) is 0.572. The van der Waals surface area contributed by atoms with Gasteiger partial charge >= 0.3 is 0 Å². The number of nitrogens with zero attached hydrogens (tertiary/aromatic N) is 2. The minimum atomic E-state index is -0.201. The molecule has 0 saturated carbocycles. The number of benzene rings is 2. The zero-order chi connectivity index (χ0) is 21.0. The number of amides is 1. The van der Waals surface area contributed by atoms with Gasteiger partial charge in [0.2, 0.25) is 5.75 Å². The van der Waals surface area contributed by atoms with E-state index < -0.39 is 0 Å². The van der Waals surface area contributed by atoms with Gasteiger partial charge in [-0.1, -0.05) is 28.9 Å². The van der Waals surface area contributed by atoms with Crippen LogP contribution in [0.1, 0.15) is 16.1 Å². The molecule has 8 heteroatoms. The predicted molar refractivity (Wildman–Crippen MR) is 109 cm³/mol. The van der Waals surface area contributed by atoms with Gasteiger partial charge in [0.1, 0.15) is 5.69 Å². The van der Waals surface area contributed by atoms with E-state index in [9.17, 15) is 4.79 Å². The van der Waals surface area contributed by atoms with Crippen molar-refractivity contribution >= 4 is 17.5 Å². The van der Waals surface area contributed by atoms with Crippen molar-refractivity contribution in [2.24, 2.45) is 0 Å². The Morgan fingerprint density at radius 3 is 2.31 bits per heavy atom. The van der Waals surface area contributed by atoms with Crippen molar-refractivity contribution in [1.82, 2.24) is 10.1 Å². The largest absolute Gasteiger partial charge is 0.493 e. The van der Waals surface area contributed by atoms with Crippen molar-refractivity contribution in [3.8, 4) is 28.6 Å². The van der Waals surface area contributed by atoms with Gasteiger partial charge in [0.25, 0.3) is 5.91 Å². The van der Waals surface area contributed by atoms with Crippen LogP contribution in [-0.4, -0.2) is 44.3 Å². The molecule has 1 aromatic heterocycles. The Morgan fingerprint density at radius 1 is 1.07 bits per heavy atom. The first-order valence-electron chi connectivity index (χ1n) is 8.74. The van der Waals surface area contributed by atoms with E-state index in [1.807, 2.05) is 0 Å². The SMILES string of the molecule is COc1cc(-c2cc(CN(C)C(=O)c3ccccc3Cl)no2)cc(OC)c1OC. The van der Waals surface area contributed by atoms with Crippen LogP contribution in [0.2, 0.25) is 5.02 Å². The third-order valence-electron chi connectivity index (χ3n) is 4.36. The smallest absolute Gasteiger partial charge is 0.255 e. The van der Waals surface area contributed by atoms with Gasteiger partial charge in [0.05, 0.1) is 38.5 Å². The minimum absolute atomic E-state index is 0.201. The van der Waals surface area contributed by atoms with Crippen LogP contribution in [0.5, 0.6) is 17.2 Å². The summed E-state index contributed by atoms with van der Waals surface area (Å²) < 4.78 is 21.5. The minimum Gasteiger partial charge on any atom is -0.493 e. The molecule has 0 aliphatic heterocycles. The van der Waals surface area contributed by atoms with E-state index in [2.05, 4.69) is 5.16 Å². The van der Waals surface area contributed by atoms with Crippen LogP contribution in [0, 0.1) is 0 Å². The molecule has 1 heterocycles. The number of carbonyl (C=O) groups excluding carboxylic acids is 1. The van der Waals surface area contributed by atoms with Crippen LogP contribution < -0.4 is 14.2 Å². The molecule has 0 bridgehead atoms. The lowest BCUT2D eigenvalue weighted by Crippen LogP contribution is -2.26. The highest BCUT2D eigenvalue weighted by Crippen LogP contribution is 2.41. The van der Waals surface area contributed by atoms with E-state index in [-0.39, 0.29) is 12.5 Å². The van der Waals surface area contributed by atoms with E-state index in [4.69, 9.17) is 30.3 Å². The molecular formula is C21H21ClN2O5. The van der Waals surface area contributed by atoms with Crippen molar-refractivity contribution in [1.29, 1.82) is 0 Å². The fourth-order valence-corrected chi connectivity index (χ4v) is 3.12. The van der Waals surface area contributed by atoms with Crippen LogP contribution >= 0.6 is 11.6 Å². The molecule has 152 valence electrons. The molecule has 0 radical (unpaired) electrons. The molecule has 1 amide bonds. The molecule has 0 fully saturated rings. The Labute approximate surface area is 173 Å². The van der Waals surface area contributed by atoms with Crippen LogP contribution in [0.4, 0.5) is 0 Å². The maximum atomic E-state index is 12.6. The molecule has 0 spiro atoms. The maximum Gasteiger partial charge on any atom is 0.255 e. The molecule has 29 heavy (non-hydrogen) atoms. The lowest BCUT2D eigenvalue weighted by Gasteiger charge is -2.16. The molecule has 0 saturated heterocycles. The van der Waals surface area contributed by atoms with Crippen molar-refractivity contribution in [3.63, 3.8) is 0 Å². The number of methoxy groups -OCH3 is 3. The number of halogens is 1. The van der Waals surface area contributed by atoms with Gasteiger partial charge in [-0.05, 0) is 24.3 Å². The topological polar surface area (TPSA) is 74.0 Å². The molecule has 0 aliphatic carbocycles. The lowest BCUT2D eigenvalue weighted by atomic mass is 10.1. The number of hydrogen-bond acceptors (Lipinski definition) is 6. The average molecular weight is 417 g/mol. The van der Waals surface area contributed by atoms with E-state index in [0.29, 0.717) is 44.9 Å². The Balaban J connectivity index is 1.82. The van der Waals surface area contributed by atoms with Crippen LogP contribution in [0.3, 0.4) is 0 Å². The first kappa shape index (κ1) is 20.5. The van der Waals surface area contributed by atoms with Crippen LogP contribution in [0.15, 0.2) is 47.0 Å². The van der Waals surface area contributed by atoms with Crippen molar-refractivity contribution in [3.05, 3.63) is 58.7 Å². The zero-order valence-corrected chi connectivity index (χ0v) is 17.3. The highest BCUT2D eigenvalue weighted by Gasteiger charge is 2.19. The van der Waals surface area contributed by atoms with Gasteiger partial charge in [-0.15, -0.1) is 0 Å². The summed E-state index contributed by atoms with van der Waals surface area (Å²) in [6.45, 7) is 0.262. The Bertz CT molecular complexity index is 993. The first-order chi connectivity index (χ1) is 14.0. The summed E-state index contributed by atoms with van der Waals surface area (Å²) in [5.74, 6) is 1.81. The molecular weight excluding hydrogens is 396 g/mol. The summed E-state index contributed by atoms with van der Waals surface area (Å²) in [5.41, 5.74) is 1.74. The second kappa shape index (κ2) is 8.87. The summed E-state index contributed by atoms with van der Waals surface area (Å²) in [7, 11) is 6.31. The van der Waals surface area contributed by atoms with Gasteiger partial charge in [0.15, 0.2) is 17.3 Å². The highest BCUT2D eigenvalue weighted by atomic mass is 35.5. The third kappa shape index (κ3) is 4.30. The standard InChI is InChI=1S/C21H21ClN2O5/c1-24(21(25)15-7-5-6-8-16(15)22)12-14-11-17(29-23-14)13-9-18(26-2)20(28-4)19(10-13)27-3/h5-11H,12H2,1-4H3. The average Bonchev–Trinajstić information content (AvgIpc) is 3.20. The normalized spacial score (nSPS) is 10.5. The second-order valence-electron chi connectivity index (χ2n) is 6.24. The number of aromatic nitrogens is 1. The summed E-state index contributed by atoms with van der Waals surface area (Å²) in [6.07, 6.45) is 0. The monoisotopic (exact) mass is 416 g/mol. The summed E-state index contributed by atoms with van der Waals surface area (Å²) in [4.78, 5) is 14.1. The number of hydrogen-bond donors (Lipinski definition) is 0. The number of carbonyl (C=O) groups is 1. The van der Waals surface area contributed by atoms with E-state index in [1.54, 1.807) is 70.8 Å². The van der Waals surface area contributed by atoms with Crippen molar-refractivity contribution < 1.29 is 23.5 Å². The van der Waals surface area contributed by atoms with E-state index in [1.165, 1.54) is 4.90 Å². The van der Waals surface area contributed by atoms with Gasteiger partial charge in [0, 0.05) is 18.7 Å². The first-order valence-corrected chi connectivity index (χ1v) is 9.12. The van der Waals surface area contributed by atoms with Crippen molar-refractivity contribution in [2.75, 3.05) is 28.4 Å². The van der Waals surface area contributed by atoms with Gasteiger partial charge in [-0.3, -0.25) is 4.79 Å². The van der Waals surface area contributed by atoms with E-state index in [0.717, 1.165) is 0 Å².